The van der Waals surface area contributed by atoms with E-state index in [4.69, 9.17) is 5.73 Å². The largest absolute Gasteiger partial charge is 0.351 e. The summed E-state index contributed by atoms with van der Waals surface area (Å²) >= 11 is 0. The van der Waals surface area contributed by atoms with Crippen molar-refractivity contribution in [2.75, 3.05) is 5.32 Å². The monoisotopic (exact) mass is 287 g/mol. The molecule has 1 radical (unpaired) electrons. The molecular formula is C14H15N4O3. The molecule has 1 aromatic heterocycles. The van der Waals surface area contributed by atoms with E-state index >= 15 is 0 Å². The summed E-state index contributed by atoms with van der Waals surface area (Å²) < 4.78 is 1.63. The molecule has 1 amide bonds. The van der Waals surface area contributed by atoms with Gasteiger partial charge in [0.1, 0.15) is 5.82 Å². The number of hydrogen-bond donors (Lipinski definition) is 2. The molecule has 1 aromatic carbocycles. The number of nitrogens with two attached hydrogens (primary N) is 1. The lowest BCUT2D eigenvalue weighted by Gasteiger charge is -2.13. The second-order valence-corrected chi connectivity index (χ2v) is 4.38. The Morgan fingerprint density at radius 3 is 2.52 bits per heavy atom. The van der Waals surface area contributed by atoms with Gasteiger partial charge >= 0.3 is 11.7 Å². The smallest absolute Gasteiger partial charge is 0.340 e. The van der Waals surface area contributed by atoms with Crippen LogP contribution in [0.2, 0.25) is 0 Å². The molecule has 0 saturated heterocycles. The Balaban J connectivity index is 2.58. The standard InChI is InChI=1S/C14H15N4O3/c1-2-8-17-12(19)9-11(18(13(15)20)14(17)21)16-10-6-4-3-5-7-10/h3-7,16H,2,8H2,1H3,(H2,15,20). The second kappa shape index (κ2) is 6.08. The topological polar surface area (TPSA) is 99.1 Å². The highest BCUT2D eigenvalue weighted by Crippen LogP contribution is 2.12. The number of rotatable bonds is 4. The Morgan fingerprint density at radius 2 is 1.95 bits per heavy atom. The number of primary amides is 1. The van der Waals surface area contributed by atoms with Gasteiger partial charge in [-0.3, -0.25) is 9.36 Å². The average Bonchev–Trinajstić information content (AvgIpc) is 2.44. The van der Waals surface area contributed by atoms with Crippen molar-refractivity contribution in [3.63, 3.8) is 0 Å². The van der Waals surface area contributed by atoms with Gasteiger partial charge < -0.3 is 11.1 Å². The number of hydrogen-bond acceptors (Lipinski definition) is 4. The molecule has 0 unspecified atom stereocenters. The van der Waals surface area contributed by atoms with Crippen molar-refractivity contribution in [3.8, 4) is 0 Å². The van der Waals surface area contributed by atoms with E-state index in [1.165, 1.54) is 0 Å². The number of para-hydroxylation sites is 1. The molecule has 0 aliphatic carbocycles. The molecule has 2 aromatic rings. The van der Waals surface area contributed by atoms with Gasteiger partial charge in [-0.05, 0) is 18.6 Å². The number of aromatic nitrogens is 2. The zero-order valence-electron chi connectivity index (χ0n) is 11.5. The Kier molecular flexibility index (Phi) is 4.22. The van der Waals surface area contributed by atoms with Crippen LogP contribution in [0.25, 0.3) is 0 Å². The van der Waals surface area contributed by atoms with Gasteiger partial charge in [0.2, 0.25) is 0 Å². The fourth-order valence-electron chi connectivity index (χ4n) is 1.90. The van der Waals surface area contributed by atoms with Crippen LogP contribution in [0.1, 0.15) is 13.3 Å². The third kappa shape index (κ3) is 3.02. The minimum Gasteiger partial charge on any atom is -0.351 e. The van der Waals surface area contributed by atoms with E-state index in [9.17, 15) is 14.4 Å². The van der Waals surface area contributed by atoms with Crippen LogP contribution in [0.5, 0.6) is 0 Å². The maximum Gasteiger partial charge on any atom is 0.340 e. The fourth-order valence-corrected chi connectivity index (χ4v) is 1.90. The van der Waals surface area contributed by atoms with Gasteiger partial charge in [0.05, 0.1) is 6.07 Å². The first-order valence-corrected chi connectivity index (χ1v) is 6.45. The van der Waals surface area contributed by atoms with Crippen molar-refractivity contribution >= 4 is 17.5 Å². The number of carbonyl (C=O) groups is 1. The lowest BCUT2D eigenvalue weighted by atomic mass is 10.3. The van der Waals surface area contributed by atoms with E-state index in [0.717, 1.165) is 4.57 Å². The van der Waals surface area contributed by atoms with Gasteiger partial charge in [-0.15, -0.1) is 0 Å². The molecular weight excluding hydrogens is 272 g/mol. The highest BCUT2D eigenvalue weighted by atomic mass is 16.2. The van der Waals surface area contributed by atoms with E-state index in [1.54, 1.807) is 24.3 Å². The molecule has 0 fully saturated rings. The summed E-state index contributed by atoms with van der Waals surface area (Å²) in [7, 11) is 0. The molecule has 0 atom stereocenters. The van der Waals surface area contributed by atoms with Crippen molar-refractivity contribution in [2.24, 2.45) is 5.73 Å². The summed E-state index contributed by atoms with van der Waals surface area (Å²) in [4.78, 5) is 35.6. The van der Waals surface area contributed by atoms with E-state index < -0.39 is 17.3 Å². The SMILES string of the molecule is CCCn1c(=O)[c]c(Nc2ccccc2)n(C(N)=O)c1=O. The number of carbonyl (C=O) groups excluding carboxylic acids is 1. The minimum atomic E-state index is -0.973. The molecule has 0 saturated carbocycles. The van der Waals surface area contributed by atoms with Crippen LogP contribution in [0.4, 0.5) is 16.3 Å². The maximum absolute atomic E-state index is 12.2. The van der Waals surface area contributed by atoms with E-state index in [-0.39, 0.29) is 12.4 Å². The van der Waals surface area contributed by atoms with Crippen LogP contribution in [0.3, 0.4) is 0 Å². The molecule has 0 bridgehead atoms. The molecule has 109 valence electrons. The van der Waals surface area contributed by atoms with Gasteiger partial charge in [-0.25, -0.2) is 9.59 Å². The normalized spacial score (nSPS) is 10.3. The molecule has 1 heterocycles. The molecule has 3 N–H and O–H groups in total. The van der Waals surface area contributed by atoms with Gasteiger partial charge in [-0.1, -0.05) is 25.1 Å². The molecule has 21 heavy (non-hydrogen) atoms. The Labute approximate surface area is 120 Å². The molecule has 0 spiro atoms. The Morgan fingerprint density at radius 1 is 1.29 bits per heavy atom. The number of amides is 1. The number of benzene rings is 1. The van der Waals surface area contributed by atoms with Crippen LogP contribution in [-0.2, 0) is 6.54 Å². The van der Waals surface area contributed by atoms with Gasteiger partial charge in [0.15, 0.2) is 0 Å². The first kappa shape index (κ1) is 14.6. The molecule has 0 aliphatic rings. The van der Waals surface area contributed by atoms with Crippen LogP contribution < -0.4 is 22.3 Å². The van der Waals surface area contributed by atoms with Crippen molar-refractivity contribution < 1.29 is 4.79 Å². The lowest BCUT2D eigenvalue weighted by molar-refractivity contribution is 0.249. The summed E-state index contributed by atoms with van der Waals surface area (Å²) in [5, 5.41) is 2.80. The first-order chi connectivity index (χ1) is 10.0. The quantitative estimate of drug-likeness (QED) is 0.872. The second-order valence-electron chi connectivity index (χ2n) is 4.38. The lowest BCUT2D eigenvalue weighted by Crippen LogP contribution is -2.44. The summed E-state index contributed by atoms with van der Waals surface area (Å²) in [6.45, 7) is 2.02. The van der Waals surface area contributed by atoms with Crippen LogP contribution in [0.15, 0.2) is 39.9 Å². The fraction of sp³-hybridized carbons (Fsp3) is 0.214. The van der Waals surface area contributed by atoms with E-state index in [0.29, 0.717) is 16.7 Å². The van der Waals surface area contributed by atoms with Gasteiger partial charge in [0.25, 0.3) is 5.56 Å². The van der Waals surface area contributed by atoms with E-state index in [1.807, 2.05) is 13.0 Å². The molecule has 0 aliphatic heterocycles. The third-order valence-corrected chi connectivity index (χ3v) is 2.82. The van der Waals surface area contributed by atoms with Gasteiger partial charge in [0, 0.05) is 12.2 Å². The zero-order valence-corrected chi connectivity index (χ0v) is 11.5. The average molecular weight is 287 g/mol. The molecule has 7 nitrogen and oxygen atoms in total. The summed E-state index contributed by atoms with van der Waals surface area (Å²) in [5.41, 5.74) is 4.47. The van der Waals surface area contributed by atoms with Gasteiger partial charge in [-0.2, -0.15) is 4.57 Å². The first-order valence-electron chi connectivity index (χ1n) is 6.45. The maximum atomic E-state index is 12.2. The van der Waals surface area contributed by atoms with Crippen molar-refractivity contribution in [3.05, 3.63) is 57.2 Å². The summed E-state index contributed by atoms with van der Waals surface area (Å²) in [6, 6.07) is 10.3. The molecule has 2 rings (SSSR count). The van der Waals surface area contributed by atoms with Crippen LogP contribution in [0, 0.1) is 6.07 Å². The predicted molar refractivity (Wildman–Crippen MR) is 78.8 cm³/mol. The Bertz CT molecular complexity index is 762. The molecule has 7 heteroatoms. The van der Waals surface area contributed by atoms with E-state index in [2.05, 4.69) is 11.4 Å². The van der Waals surface area contributed by atoms with Crippen molar-refractivity contribution in [1.82, 2.24) is 9.13 Å². The number of nitrogens with zero attached hydrogens (tertiary/aromatic N) is 2. The Hall–Kier alpha value is -2.83. The predicted octanol–water partition coefficient (Wildman–Crippen LogP) is 0.891. The number of nitrogens with one attached hydrogen (secondary N) is 1. The minimum absolute atomic E-state index is 0.0731. The van der Waals surface area contributed by atoms with Crippen LogP contribution >= 0.6 is 0 Å². The highest BCUT2D eigenvalue weighted by molar-refractivity contribution is 5.79. The summed E-state index contributed by atoms with van der Waals surface area (Å²) in [6.07, 6.45) is 0.577. The van der Waals surface area contributed by atoms with Crippen molar-refractivity contribution in [1.29, 1.82) is 0 Å². The van der Waals surface area contributed by atoms with Crippen molar-refractivity contribution in [2.45, 2.75) is 19.9 Å². The third-order valence-electron chi connectivity index (χ3n) is 2.82. The van der Waals surface area contributed by atoms with Crippen LogP contribution in [-0.4, -0.2) is 15.2 Å². The zero-order chi connectivity index (χ0) is 15.4. The highest BCUT2D eigenvalue weighted by Gasteiger charge is 2.15. The number of anilines is 2. The summed E-state index contributed by atoms with van der Waals surface area (Å²) in [5.74, 6) is -0.0731.